The van der Waals surface area contributed by atoms with Gasteiger partial charge in [0.15, 0.2) is 6.73 Å². The van der Waals surface area contributed by atoms with E-state index in [0.29, 0.717) is 38.0 Å². The van der Waals surface area contributed by atoms with Gasteiger partial charge < -0.3 is 24.8 Å². The van der Waals surface area contributed by atoms with Gasteiger partial charge in [-0.15, -0.1) is 0 Å². The molecule has 6 nitrogen and oxygen atoms in total. The monoisotopic (exact) mass is 404 g/mol. The normalized spacial score (nSPS) is 10.1. The van der Waals surface area contributed by atoms with E-state index in [1.165, 1.54) is 14.2 Å². The van der Waals surface area contributed by atoms with E-state index >= 15 is 0 Å². The summed E-state index contributed by atoms with van der Waals surface area (Å²) in [6.07, 6.45) is 0. The topological polar surface area (TPSA) is 68.8 Å². The standard InChI is InChI=1S/C16H15Cl3N2O4/c1-23-14-7-12(15(24-2)6-11(14)19)21-16(22)20-8-25-13-4-3-9(17)5-10(13)18/h3-7H,8H2,1-2H3,(H2,20,21,22). The number of carbonyl (C=O) groups is 1. The first-order valence-corrected chi connectivity index (χ1v) is 8.12. The van der Waals surface area contributed by atoms with Crippen molar-refractivity contribution in [2.75, 3.05) is 26.3 Å². The summed E-state index contributed by atoms with van der Waals surface area (Å²) < 4.78 is 15.7. The molecule has 25 heavy (non-hydrogen) atoms. The first kappa shape index (κ1) is 19.3. The Morgan fingerprint density at radius 3 is 2.28 bits per heavy atom. The Morgan fingerprint density at radius 1 is 0.960 bits per heavy atom. The Balaban J connectivity index is 1.96. The van der Waals surface area contributed by atoms with Crippen molar-refractivity contribution in [2.45, 2.75) is 0 Å². The van der Waals surface area contributed by atoms with Crippen molar-refractivity contribution >= 4 is 46.5 Å². The van der Waals surface area contributed by atoms with Gasteiger partial charge >= 0.3 is 6.03 Å². The quantitative estimate of drug-likeness (QED) is 0.676. The molecule has 0 atom stereocenters. The molecule has 2 amide bonds. The van der Waals surface area contributed by atoms with Gasteiger partial charge in [0.25, 0.3) is 0 Å². The predicted octanol–water partition coefficient (Wildman–Crippen LogP) is 4.82. The van der Waals surface area contributed by atoms with Crippen LogP contribution in [0.2, 0.25) is 15.1 Å². The Morgan fingerprint density at radius 2 is 1.64 bits per heavy atom. The van der Waals surface area contributed by atoms with Crippen molar-refractivity contribution in [3.63, 3.8) is 0 Å². The molecule has 0 spiro atoms. The molecule has 0 aliphatic rings. The van der Waals surface area contributed by atoms with Crippen LogP contribution in [0.25, 0.3) is 0 Å². The molecular formula is C16H15Cl3N2O4. The third kappa shape index (κ3) is 5.22. The molecule has 0 radical (unpaired) electrons. The van der Waals surface area contributed by atoms with Gasteiger partial charge in [0.1, 0.15) is 17.2 Å². The van der Waals surface area contributed by atoms with Crippen molar-refractivity contribution in [3.8, 4) is 17.2 Å². The fraction of sp³-hybridized carbons (Fsp3) is 0.188. The second-order valence-corrected chi connectivity index (χ2v) is 5.93. The summed E-state index contributed by atoms with van der Waals surface area (Å²) in [6.45, 7) is -0.0970. The molecule has 0 unspecified atom stereocenters. The zero-order chi connectivity index (χ0) is 18.4. The summed E-state index contributed by atoms with van der Waals surface area (Å²) in [7, 11) is 2.94. The number of halogens is 3. The number of rotatable bonds is 6. The molecule has 0 aliphatic carbocycles. The lowest BCUT2D eigenvalue weighted by Crippen LogP contribution is -2.32. The molecule has 0 bridgehead atoms. The number of benzene rings is 2. The third-order valence-corrected chi connectivity index (χ3v) is 3.90. The van der Waals surface area contributed by atoms with Crippen molar-refractivity contribution in [1.29, 1.82) is 0 Å². The van der Waals surface area contributed by atoms with Gasteiger partial charge in [0, 0.05) is 17.2 Å². The second kappa shape index (κ2) is 8.89. The Hall–Kier alpha value is -2.02. The lowest BCUT2D eigenvalue weighted by atomic mass is 10.2. The molecule has 9 heteroatoms. The number of amides is 2. The van der Waals surface area contributed by atoms with E-state index in [2.05, 4.69) is 10.6 Å². The molecule has 2 rings (SSSR count). The van der Waals surface area contributed by atoms with Crippen LogP contribution < -0.4 is 24.8 Å². The average Bonchev–Trinajstić information content (AvgIpc) is 2.58. The van der Waals surface area contributed by atoms with E-state index in [-0.39, 0.29) is 6.73 Å². The summed E-state index contributed by atoms with van der Waals surface area (Å²) in [5.74, 6) is 1.20. The van der Waals surface area contributed by atoms with E-state index in [0.717, 1.165) is 0 Å². The lowest BCUT2D eigenvalue weighted by Gasteiger charge is -2.14. The highest BCUT2D eigenvalue weighted by atomic mass is 35.5. The van der Waals surface area contributed by atoms with E-state index in [9.17, 15) is 4.79 Å². The maximum Gasteiger partial charge on any atom is 0.321 e. The third-order valence-electron chi connectivity index (χ3n) is 3.08. The van der Waals surface area contributed by atoms with Crippen molar-refractivity contribution in [2.24, 2.45) is 0 Å². The molecular weight excluding hydrogens is 391 g/mol. The van der Waals surface area contributed by atoms with Crippen LogP contribution in [0, 0.1) is 0 Å². The largest absolute Gasteiger partial charge is 0.495 e. The van der Waals surface area contributed by atoms with Crippen LogP contribution >= 0.6 is 34.8 Å². The van der Waals surface area contributed by atoms with Crippen molar-refractivity contribution in [1.82, 2.24) is 5.32 Å². The number of carbonyl (C=O) groups excluding carboxylic acids is 1. The first-order chi connectivity index (χ1) is 11.9. The van der Waals surface area contributed by atoms with Crippen LogP contribution in [-0.4, -0.2) is 27.0 Å². The van der Waals surface area contributed by atoms with Gasteiger partial charge in [-0.05, 0) is 18.2 Å². The van der Waals surface area contributed by atoms with Gasteiger partial charge in [-0.2, -0.15) is 0 Å². The highest BCUT2D eigenvalue weighted by Gasteiger charge is 2.12. The van der Waals surface area contributed by atoms with Crippen molar-refractivity contribution < 1.29 is 19.0 Å². The maximum absolute atomic E-state index is 12.0. The molecule has 0 saturated heterocycles. The van der Waals surface area contributed by atoms with Gasteiger partial charge in [-0.3, -0.25) is 0 Å². The van der Waals surface area contributed by atoms with Crippen molar-refractivity contribution in [3.05, 3.63) is 45.4 Å². The van der Waals surface area contributed by atoms with Crippen LogP contribution in [0.4, 0.5) is 10.5 Å². The fourth-order valence-corrected chi connectivity index (χ4v) is 2.59. The average molecular weight is 406 g/mol. The Bertz CT molecular complexity index is 771. The molecule has 0 saturated carbocycles. The summed E-state index contributed by atoms with van der Waals surface area (Å²) in [6, 6.07) is 7.37. The lowest BCUT2D eigenvalue weighted by molar-refractivity contribution is 0.234. The van der Waals surface area contributed by atoms with Crippen LogP contribution in [0.3, 0.4) is 0 Å². The van der Waals surface area contributed by atoms with E-state index in [4.69, 9.17) is 49.0 Å². The highest BCUT2D eigenvalue weighted by Crippen LogP contribution is 2.35. The maximum atomic E-state index is 12.0. The van der Waals surface area contributed by atoms with Gasteiger partial charge in [-0.25, -0.2) is 4.79 Å². The molecule has 0 fully saturated rings. The van der Waals surface area contributed by atoms with Gasteiger partial charge in [-0.1, -0.05) is 34.8 Å². The molecule has 2 N–H and O–H groups in total. The molecule has 134 valence electrons. The number of urea groups is 1. The molecule has 0 aromatic heterocycles. The van der Waals surface area contributed by atoms with E-state index in [1.807, 2.05) is 0 Å². The number of nitrogens with one attached hydrogen (secondary N) is 2. The van der Waals surface area contributed by atoms with Gasteiger partial charge in [0.2, 0.25) is 0 Å². The first-order valence-electron chi connectivity index (χ1n) is 6.98. The number of anilines is 1. The molecule has 0 heterocycles. The minimum Gasteiger partial charge on any atom is -0.495 e. The van der Waals surface area contributed by atoms with Gasteiger partial charge in [0.05, 0.1) is 30.0 Å². The molecule has 2 aromatic carbocycles. The summed E-state index contributed by atoms with van der Waals surface area (Å²) in [4.78, 5) is 12.0. The number of methoxy groups -OCH3 is 2. The number of hydrogen-bond donors (Lipinski definition) is 2. The van der Waals surface area contributed by atoms with E-state index < -0.39 is 6.03 Å². The summed E-state index contributed by atoms with van der Waals surface area (Å²) in [5, 5.41) is 6.36. The van der Waals surface area contributed by atoms with E-state index in [1.54, 1.807) is 30.3 Å². The van der Waals surface area contributed by atoms with Crippen LogP contribution in [0.5, 0.6) is 17.2 Å². The number of hydrogen-bond acceptors (Lipinski definition) is 4. The summed E-state index contributed by atoms with van der Waals surface area (Å²) >= 11 is 17.8. The van der Waals surface area contributed by atoms with Crippen LogP contribution in [0.15, 0.2) is 30.3 Å². The highest BCUT2D eigenvalue weighted by molar-refractivity contribution is 6.35. The Kier molecular flexibility index (Phi) is 6.87. The van der Waals surface area contributed by atoms with Crippen LogP contribution in [0.1, 0.15) is 0 Å². The zero-order valence-corrected chi connectivity index (χ0v) is 15.6. The smallest absolute Gasteiger partial charge is 0.321 e. The second-order valence-electron chi connectivity index (χ2n) is 4.68. The molecule has 0 aliphatic heterocycles. The predicted molar refractivity (Wildman–Crippen MR) is 98.7 cm³/mol. The summed E-state index contributed by atoms with van der Waals surface area (Å²) in [5.41, 5.74) is 0.394. The fourth-order valence-electron chi connectivity index (χ4n) is 1.90. The van der Waals surface area contributed by atoms with Crippen LogP contribution in [-0.2, 0) is 0 Å². The minimum atomic E-state index is -0.507. The number of ether oxygens (including phenoxy) is 3. The molecule has 2 aromatic rings. The minimum absolute atomic E-state index is 0.0970. The zero-order valence-electron chi connectivity index (χ0n) is 13.4. The SMILES string of the molecule is COc1cc(NC(=O)NCOc2ccc(Cl)cc2Cl)c(OC)cc1Cl. The Labute approximate surface area is 159 Å².